The number of hydrogen-bond donors (Lipinski definition) is 2. The molecule has 0 aliphatic heterocycles. The van der Waals surface area contributed by atoms with E-state index in [0.29, 0.717) is 6.04 Å². The lowest BCUT2D eigenvalue weighted by Crippen LogP contribution is -2.69. The Kier molecular flexibility index (Phi) is 8.07. The van der Waals surface area contributed by atoms with Gasteiger partial charge in [-0.25, -0.2) is 0 Å². The van der Waals surface area contributed by atoms with Crippen molar-refractivity contribution in [2.24, 2.45) is 16.3 Å². The first-order chi connectivity index (χ1) is 10.4. The Morgan fingerprint density at radius 2 is 1.96 bits per heavy atom. The summed E-state index contributed by atoms with van der Waals surface area (Å²) < 4.78 is 11.3. The van der Waals surface area contributed by atoms with Gasteiger partial charge in [-0.1, -0.05) is 13.8 Å². The first kappa shape index (κ1) is 21.0. The average molecular weight is 439 g/mol. The summed E-state index contributed by atoms with van der Waals surface area (Å²) in [6, 6.07) is 0.384. The third-order valence-corrected chi connectivity index (χ3v) is 5.62. The number of halogens is 1. The molecular weight excluding hydrogens is 405 g/mol. The van der Waals surface area contributed by atoms with Gasteiger partial charge < -0.3 is 20.1 Å². The summed E-state index contributed by atoms with van der Waals surface area (Å²) in [5, 5.41) is 6.89. The summed E-state index contributed by atoms with van der Waals surface area (Å²) in [6.45, 7) is 9.33. The van der Waals surface area contributed by atoms with Crippen molar-refractivity contribution in [2.75, 3.05) is 33.9 Å². The number of rotatable bonds is 8. The summed E-state index contributed by atoms with van der Waals surface area (Å²) in [5.74, 6) is 1.72. The zero-order valence-electron chi connectivity index (χ0n) is 15.3. The predicted octanol–water partition coefficient (Wildman–Crippen LogP) is 2.79. The highest BCUT2D eigenvalue weighted by Gasteiger charge is 2.58. The molecular formula is C17H34IN3O2. The van der Waals surface area contributed by atoms with Crippen LogP contribution in [0.4, 0.5) is 0 Å². The lowest BCUT2D eigenvalue weighted by atomic mass is 9.56. The molecule has 0 saturated heterocycles. The van der Waals surface area contributed by atoms with E-state index >= 15 is 0 Å². The van der Waals surface area contributed by atoms with Crippen LogP contribution in [0, 0.1) is 11.3 Å². The molecule has 0 spiro atoms. The number of nitrogens with one attached hydrogen (secondary N) is 2. The van der Waals surface area contributed by atoms with E-state index in [1.54, 1.807) is 7.11 Å². The van der Waals surface area contributed by atoms with E-state index in [9.17, 15) is 0 Å². The molecule has 0 bridgehead atoms. The van der Waals surface area contributed by atoms with Crippen LogP contribution >= 0.6 is 24.0 Å². The van der Waals surface area contributed by atoms with Crippen LogP contribution in [0.1, 0.15) is 46.5 Å². The maximum absolute atomic E-state index is 5.67. The van der Waals surface area contributed by atoms with Gasteiger partial charge in [0.15, 0.2) is 5.96 Å². The van der Waals surface area contributed by atoms with Crippen molar-refractivity contribution in [2.45, 2.75) is 58.1 Å². The second-order valence-corrected chi connectivity index (χ2v) is 7.43. The van der Waals surface area contributed by atoms with Crippen LogP contribution in [0.25, 0.3) is 0 Å². The van der Waals surface area contributed by atoms with Crippen LogP contribution in [0.3, 0.4) is 0 Å². The maximum atomic E-state index is 5.67. The predicted molar refractivity (Wildman–Crippen MR) is 106 cm³/mol. The number of nitrogens with zero attached hydrogens (tertiary/aromatic N) is 1. The van der Waals surface area contributed by atoms with Gasteiger partial charge >= 0.3 is 0 Å². The fraction of sp³-hybridized carbons (Fsp3) is 0.941. The first-order valence-electron chi connectivity index (χ1n) is 8.53. The van der Waals surface area contributed by atoms with Gasteiger partial charge in [0.25, 0.3) is 0 Å². The van der Waals surface area contributed by atoms with Crippen LogP contribution in [-0.4, -0.2) is 51.5 Å². The Morgan fingerprint density at radius 1 is 1.26 bits per heavy atom. The summed E-state index contributed by atoms with van der Waals surface area (Å²) in [7, 11) is 3.62. The van der Waals surface area contributed by atoms with Crippen LogP contribution < -0.4 is 10.6 Å². The topological polar surface area (TPSA) is 54.9 Å². The van der Waals surface area contributed by atoms with E-state index in [-0.39, 0.29) is 35.0 Å². The van der Waals surface area contributed by atoms with Gasteiger partial charge in [-0.05, 0) is 38.5 Å². The molecule has 0 amide bonds. The van der Waals surface area contributed by atoms with Crippen molar-refractivity contribution in [3.63, 3.8) is 0 Å². The number of guanidine groups is 1. The normalized spacial score (nSPS) is 29.4. The molecule has 2 N–H and O–H groups in total. The molecule has 23 heavy (non-hydrogen) atoms. The Bertz CT molecular complexity index is 399. The highest BCUT2D eigenvalue weighted by molar-refractivity contribution is 14.0. The Hall–Kier alpha value is -0.0800. The molecule has 6 heteroatoms. The van der Waals surface area contributed by atoms with Gasteiger partial charge in [0.05, 0.1) is 5.60 Å². The molecule has 2 saturated carbocycles. The van der Waals surface area contributed by atoms with Gasteiger partial charge in [-0.15, -0.1) is 24.0 Å². The molecule has 136 valence electrons. The quantitative estimate of drug-likeness (QED) is 0.264. The van der Waals surface area contributed by atoms with Gasteiger partial charge in [0.2, 0.25) is 0 Å². The van der Waals surface area contributed by atoms with E-state index in [1.807, 2.05) is 7.05 Å². The largest absolute Gasteiger partial charge is 0.381 e. The molecule has 0 radical (unpaired) electrons. The van der Waals surface area contributed by atoms with Crippen molar-refractivity contribution in [3.8, 4) is 0 Å². The van der Waals surface area contributed by atoms with Gasteiger partial charge in [0.1, 0.15) is 0 Å². The second-order valence-electron chi connectivity index (χ2n) is 7.43. The molecule has 0 heterocycles. The van der Waals surface area contributed by atoms with Crippen LogP contribution in [0.5, 0.6) is 0 Å². The Balaban J connectivity index is 0.00000264. The SMILES string of the molecule is CN=C(NCCCOCC1CC1)NC1CC(C)(OC)C1(C)C.I. The fourth-order valence-electron chi connectivity index (χ4n) is 3.00. The summed E-state index contributed by atoms with van der Waals surface area (Å²) in [5.41, 5.74) is 0.0346. The fourth-order valence-corrected chi connectivity index (χ4v) is 3.00. The molecule has 2 aliphatic carbocycles. The highest BCUT2D eigenvalue weighted by atomic mass is 127. The molecule has 2 rings (SSSR count). The molecule has 2 fully saturated rings. The summed E-state index contributed by atoms with van der Waals surface area (Å²) in [6.07, 6.45) is 4.72. The molecule has 0 aromatic rings. The van der Waals surface area contributed by atoms with E-state index in [0.717, 1.165) is 44.5 Å². The Morgan fingerprint density at radius 3 is 2.48 bits per heavy atom. The zero-order chi connectivity index (χ0) is 16.2. The lowest BCUT2D eigenvalue weighted by Gasteiger charge is -2.59. The van der Waals surface area contributed by atoms with Crippen molar-refractivity contribution < 1.29 is 9.47 Å². The van der Waals surface area contributed by atoms with Gasteiger partial charge in [-0.3, -0.25) is 4.99 Å². The number of aliphatic imine (C=N–C) groups is 1. The minimum absolute atomic E-state index is 0. The average Bonchev–Trinajstić information content (AvgIpc) is 3.32. The van der Waals surface area contributed by atoms with E-state index in [1.165, 1.54) is 12.8 Å². The molecule has 2 aliphatic rings. The number of methoxy groups -OCH3 is 1. The minimum Gasteiger partial charge on any atom is -0.381 e. The van der Waals surface area contributed by atoms with Crippen molar-refractivity contribution >= 4 is 29.9 Å². The monoisotopic (exact) mass is 439 g/mol. The van der Waals surface area contributed by atoms with E-state index < -0.39 is 0 Å². The van der Waals surface area contributed by atoms with Crippen molar-refractivity contribution in [1.82, 2.24) is 10.6 Å². The smallest absolute Gasteiger partial charge is 0.191 e. The van der Waals surface area contributed by atoms with Crippen LogP contribution in [0.2, 0.25) is 0 Å². The van der Waals surface area contributed by atoms with Crippen molar-refractivity contribution in [1.29, 1.82) is 0 Å². The standard InChI is InChI=1S/C17H33N3O2.HI/c1-16(2)14(11-17(16,3)21-5)20-15(18-4)19-9-6-10-22-12-13-7-8-13;/h13-14H,6-12H2,1-5H3,(H2,18,19,20);1H. The van der Waals surface area contributed by atoms with Crippen molar-refractivity contribution in [3.05, 3.63) is 0 Å². The maximum Gasteiger partial charge on any atom is 0.191 e. The lowest BCUT2D eigenvalue weighted by molar-refractivity contribution is -0.176. The summed E-state index contributed by atoms with van der Waals surface area (Å²) in [4.78, 5) is 4.32. The zero-order valence-corrected chi connectivity index (χ0v) is 17.6. The summed E-state index contributed by atoms with van der Waals surface area (Å²) >= 11 is 0. The first-order valence-corrected chi connectivity index (χ1v) is 8.53. The molecule has 0 aromatic heterocycles. The number of hydrogen-bond acceptors (Lipinski definition) is 3. The molecule has 2 atom stereocenters. The molecule has 2 unspecified atom stereocenters. The van der Waals surface area contributed by atoms with Crippen LogP contribution in [-0.2, 0) is 9.47 Å². The third kappa shape index (κ3) is 5.19. The second kappa shape index (κ2) is 8.85. The van der Waals surface area contributed by atoms with Gasteiger partial charge in [-0.2, -0.15) is 0 Å². The number of ether oxygens (including phenoxy) is 2. The highest BCUT2D eigenvalue weighted by Crippen LogP contribution is 2.51. The van der Waals surface area contributed by atoms with E-state index in [4.69, 9.17) is 9.47 Å². The third-order valence-electron chi connectivity index (χ3n) is 5.62. The molecule has 0 aromatic carbocycles. The van der Waals surface area contributed by atoms with E-state index in [2.05, 4.69) is 36.4 Å². The minimum atomic E-state index is -0.0554. The Labute approximate surface area is 158 Å². The van der Waals surface area contributed by atoms with Gasteiger partial charge in [0, 0.05) is 45.4 Å². The molecule has 5 nitrogen and oxygen atoms in total. The van der Waals surface area contributed by atoms with Crippen LogP contribution in [0.15, 0.2) is 4.99 Å².